The Morgan fingerprint density at radius 3 is 2.29 bits per heavy atom. The highest BCUT2D eigenvalue weighted by Gasteiger charge is 2.27. The van der Waals surface area contributed by atoms with Crippen molar-refractivity contribution in [3.63, 3.8) is 0 Å². The van der Waals surface area contributed by atoms with Gasteiger partial charge in [-0.15, -0.1) is 0 Å². The fourth-order valence-corrected chi connectivity index (χ4v) is 3.97. The summed E-state index contributed by atoms with van der Waals surface area (Å²) in [5.41, 5.74) is 4.95. The van der Waals surface area contributed by atoms with E-state index >= 15 is 0 Å². The minimum Gasteiger partial charge on any atom is -0.273 e. The Morgan fingerprint density at radius 1 is 1.08 bits per heavy atom. The van der Waals surface area contributed by atoms with Gasteiger partial charge in [-0.1, -0.05) is 13.3 Å². The minimum atomic E-state index is -3.49. The number of nitrogens with one attached hydrogen (secondary N) is 2. The van der Waals surface area contributed by atoms with Gasteiger partial charge in [-0.3, -0.25) is 20.4 Å². The first kappa shape index (κ1) is 18.4. The SMILES string of the molecule is CCCCC(=O)NNC(=O)c1ccc(S(=O)(=O)N2CCCC2)cc1. The summed E-state index contributed by atoms with van der Waals surface area (Å²) in [6.07, 6.45) is 3.75. The Bertz CT molecular complexity index is 680. The van der Waals surface area contributed by atoms with Crippen molar-refractivity contribution >= 4 is 21.8 Å². The zero-order valence-electron chi connectivity index (χ0n) is 13.7. The second-order valence-electron chi connectivity index (χ2n) is 5.74. The molecule has 1 saturated heterocycles. The normalized spacial score (nSPS) is 15.2. The van der Waals surface area contributed by atoms with Crippen LogP contribution in [0.2, 0.25) is 0 Å². The van der Waals surface area contributed by atoms with Crippen LogP contribution in [0.25, 0.3) is 0 Å². The molecule has 24 heavy (non-hydrogen) atoms. The zero-order valence-corrected chi connectivity index (χ0v) is 14.6. The molecule has 0 aromatic heterocycles. The fraction of sp³-hybridized carbons (Fsp3) is 0.500. The van der Waals surface area contributed by atoms with Crippen molar-refractivity contribution in [3.05, 3.63) is 29.8 Å². The van der Waals surface area contributed by atoms with E-state index in [1.165, 1.54) is 28.6 Å². The van der Waals surface area contributed by atoms with Crippen LogP contribution < -0.4 is 10.9 Å². The topological polar surface area (TPSA) is 95.6 Å². The molecule has 132 valence electrons. The molecule has 7 nitrogen and oxygen atoms in total. The number of carbonyl (C=O) groups excluding carboxylic acids is 2. The number of hydrogen-bond donors (Lipinski definition) is 2. The Kier molecular flexibility index (Phi) is 6.33. The van der Waals surface area contributed by atoms with E-state index in [2.05, 4.69) is 10.9 Å². The van der Waals surface area contributed by atoms with Crippen molar-refractivity contribution < 1.29 is 18.0 Å². The molecule has 0 spiro atoms. The van der Waals surface area contributed by atoms with Gasteiger partial charge >= 0.3 is 0 Å². The third kappa shape index (κ3) is 4.55. The smallest absolute Gasteiger partial charge is 0.269 e. The van der Waals surface area contributed by atoms with Crippen LogP contribution in [-0.4, -0.2) is 37.6 Å². The summed E-state index contributed by atoms with van der Waals surface area (Å²) in [5.74, 6) is -0.733. The summed E-state index contributed by atoms with van der Waals surface area (Å²) in [4.78, 5) is 23.6. The lowest BCUT2D eigenvalue weighted by atomic mass is 10.2. The van der Waals surface area contributed by atoms with Crippen molar-refractivity contribution in [2.75, 3.05) is 13.1 Å². The number of hydrogen-bond acceptors (Lipinski definition) is 4. The second-order valence-corrected chi connectivity index (χ2v) is 7.68. The molecule has 2 N–H and O–H groups in total. The van der Waals surface area contributed by atoms with Crippen LogP contribution in [0.3, 0.4) is 0 Å². The van der Waals surface area contributed by atoms with E-state index in [9.17, 15) is 18.0 Å². The van der Waals surface area contributed by atoms with E-state index in [0.717, 1.165) is 25.7 Å². The number of amides is 2. The molecule has 2 amide bonds. The maximum atomic E-state index is 12.4. The minimum absolute atomic E-state index is 0.174. The van der Waals surface area contributed by atoms with Gasteiger partial charge in [0.25, 0.3) is 5.91 Å². The van der Waals surface area contributed by atoms with Gasteiger partial charge in [-0.05, 0) is 43.5 Å². The van der Waals surface area contributed by atoms with Gasteiger partial charge in [0.1, 0.15) is 0 Å². The molecule has 1 heterocycles. The molecule has 0 atom stereocenters. The van der Waals surface area contributed by atoms with E-state index < -0.39 is 15.9 Å². The number of unbranched alkanes of at least 4 members (excludes halogenated alkanes) is 1. The van der Waals surface area contributed by atoms with Crippen LogP contribution in [0, 0.1) is 0 Å². The standard InChI is InChI=1S/C16H23N3O4S/c1-2-3-6-15(20)17-18-16(21)13-7-9-14(10-8-13)24(22,23)19-11-4-5-12-19/h7-10H,2-6,11-12H2,1H3,(H,17,20)(H,18,21). The molecule has 0 radical (unpaired) electrons. The highest BCUT2D eigenvalue weighted by Crippen LogP contribution is 2.20. The van der Waals surface area contributed by atoms with Crippen LogP contribution in [-0.2, 0) is 14.8 Å². The molecular formula is C16H23N3O4S. The summed E-state index contributed by atoms with van der Waals surface area (Å²) < 4.78 is 26.3. The molecule has 1 aromatic carbocycles. The first-order valence-corrected chi connectivity index (χ1v) is 9.58. The van der Waals surface area contributed by atoms with Gasteiger partial charge in [0.15, 0.2) is 0 Å². The van der Waals surface area contributed by atoms with Crippen LogP contribution in [0.1, 0.15) is 49.4 Å². The third-order valence-electron chi connectivity index (χ3n) is 3.89. The van der Waals surface area contributed by atoms with Crippen LogP contribution in [0.5, 0.6) is 0 Å². The average Bonchev–Trinajstić information content (AvgIpc) is 3.13. The molecule has 1 aromatic rings. The summed E-state index contributed by atoms with van der Waals surface area (Å²) in [6.45, 7) is 3.05. The van der Waals surface area contributed by atoms with Crippen LogP contribution >= 0.6 is 0 Å². The number of sulfonamides is 1. The van der Waals surface area contributed by atoms with E-state index in [0.29, 0.717) is 19.5 Å². The number of nitrogens with zero attached hydrogens (tertiary/aromatic N) is 1. The van der Waals surface area contributed by atoms with E-state index in [1.807, 2.05) is 6.92 Å². The summed E-state index contributed by atoms with van der Waals surface area (Å²) in [7, 11) is -3.49. The van der Waals surface area contributed by atoms with Gasteiger partial charge in [-0.2, -0.15) is 4.31 Å². The first-order chi connectivity index (χ1) is 11.4. The largest absolute Gasteiger partial charge is 0.273 e. The molecule has 0 saturated carbocycles. The van der Waals surface area contributed by atoms with Crippen LogP contribution in [0.4, 0.5) is 0 Å². The number of carbonyl (C=O) groups is 2. The third-order valence-corrected chi connectivity index (χ3v) is 5.81. The van der Waals surface area contributed by atoms with Gasteiger partial charge in [0.2, 0.25) is 15.9 Å². The van der Waals surface area contributed by atoms with Crippen LogP contribution in [0.15, 0.2) is 29.2 Å². The maximum Gasteiger partial charge on any atom is 0.269 e. The summed E-state index contributed by atoms with van der Waals surface area (Å²) in [5, 5.41) is 0. The lowest BCUT2D eigenvalue weighted by Crippen LogP contribution is -2.41. The van der Waals surface area contributed by atoms with E-state index in [1.54, 1.807) is 0 Å². The molecule has 8 heteroatoms. The monoisotopic (exact) mass is 353 g/mol. The predicted octanol–water partition coefficient (Wildman–Crippen LogP) is 1.42. The molecule has 0 unspecified atom stereocenters. The molecule has 2 rings (SSSR count). The Hall–Kier alpha value is -1.93. The highest BCUT2D eigenvalue weighted by molar-refractivity contribution is 7.89. The Labute approximate surface area is 142 Å². The van der Waals surface area contributed by atoms with Gasteiger partial charge in [0.05, 0.1) is 4.90 Å². The first-order valence-electron chi connectivity index (χ1n) is 8.14. The predicted molar refractivity (Wildman–Crippen MR) is 89.6 cm³/mol. The lowest BCUT2D eigenvalue weighted by molar-refractivity contribution is -0.121. The second kappa shape index (κ2) is 8.25. The molecule has 1 aliphatic heterocycles. The van der Waals surface area contributed by atoms with E-state index in [-0.39, 0.29) is 16.4 Å². The quantitative estimate of drug-likeness (QED) is 0.756. The lowest BCUT2D eigenvalue weighted by Gasteiger charge is -2.15. The Morgan fingerprint density at radius 2 is 1.71 bits per heavy atom. The van der Waals surface area contributed by atoms with E-state index in [4.69, 9.17) is 0 Å². The number of rotatable bonds is 6. The maximum absolute atomic E-state index is 12.4. The van der Waals surface area contributed by atoms with Crippen molar-refractivity contribution in [3.8, 4) is 0 Å². The van der Waals surface area contributed by atoms with Gasteiger partial charge < -0.3 is 0 Å². The molecule has 1 fully saturated rings. The average molecular weight is 353 g/mol. The molecule has 0 aliphatic carbocycles. The highest BCUT2D eigenvalue weighted by atomic mass is 32.2. The summed E-state index contributed by atoms with van der Waals surface area (Å²) in [6, 6.07) is 5.72. The number of hydrazine groups is 1. The Balaban J connectivity index is 1.96. The molecule has 1 aliphatic rings. The van der Waals surface area contributed by atoms with Gasteiger partial charge in [0, 0.05) is 25.1 Å². The fourth-order valence-electron chi connectivity index (χ4n) is 2.45. The molecular weight excluding hydrogens is 330 g/mol. The van der Waals surface area contributed by atoms with Crippen molar-refractivity contribution in [1.82, 2.24) is 15.2 Å². The zero-order chi connectivity index (χ0) is 17.6. The van der Waals surface area contributed by atoms with Gasteiger partial charge in [-0.25, -0.2) is 8.42 Å². The number of benzene rings is 1. The van der Waals surface area contributed by atoms with Crippen molar-refractivity contribution in [2.45, 2.75) is 43.9 Å². The van der Waals surface area contributed by atoms with Crippen molar-refractivity contribution in [2.24, 2.45) is 0 Å². The van der Waals surface area contributed by atoms with Crippen molar-refractivity contribution in [1.29, 1.82) is 0 Å². The molecule has 0 bridgehead atoms. The summed E-state index contributed by atoms with van der Waals surface area (Å²) >= 11 is 0.